The van der Waals surface area contributed by atoms with Gasteiger partial charge in [0.1, 0.15) is 17.8 Å². The molecule has 8 nitrogen and oxygen atoms in total. The van der Waals surface area contributed by atoms with Crippen LogP contribution in [0.3, 0.4) is 0 Å². The van der Waals surface area contributed by atoms with Crippen molar-refractivity contribution < 1.29 is 9.90 Å². The molecule has 3 aromatic heterocycles. The number of benzene rings is 1. The first-order valence-electron chi connectivity index (χ1n) is 10.9. The predicted molar refractivity (Wildman–Crippen MR) is 139 cm³/mol. The molecular formula is C25H27BrN6O2. The molecule has 0 fully saturated rings. The molecule has 0 saturated heterocycles. The molecular weight excluding hydrogens is 496 g/mol. The Kier molecular flexibility index (Phi) is 6.31. The number of nitrogens with zero attached hydrogens (tertiary/aromatic N) is 5. The minimum atomic E-state index is -0.983. The van der Waals surface area contributed by atoms with Crippen molar-refractivity contribution in [3.05, 3.63) is 60.1 Å². The Balaban J connectivity index is 1.80. The zero-order valence-corrected chi connectivity index (χ0v) is 21.0. The highest BCUT2D eigenvalue weighted by molar-refractivity contribution is 9.10. The van der Waals surface area contributed by atoms with Crippen molar-refractivity contribution in [1.29, 1.82) is 0 Å². The number of nitrogen functional groups attached to an aromatic ring is 1. The van der Waals surface area contributed by atoms with Gasteiger partial charge in [0, 0.05) is 34.8 Å². The average Bonchev–Trinajstić information content (AvgIpc) is 3.07. The molecule has 0 unspecified atom stereocenters. The van der Waals surface area contributed by atoms with Crippen molar-refractivity contribution >= 4 is 49.8 Å². The molecule has 1 aromatic carbocycles. The van der Waals surface area contributed by atoms with Crippen LogP contribution in [0.2, 0.25) is 0 Å². The summed E-state index contributed by atoms with van der Waals surface area (Å²) >= 11 is 3.76. The highest BCUT2D eigenvalue weighted by Gasteiger charge is 2.32. The van der Waals surface area contributed by atoms with Gasteiger partial charge in [-0.15, -0.1) is 6.58 Å². The summed E-state index contributed by atoms with van der Waals surface area (Å²) in [7, 11) is 0. The fourth-order valence-electron chi connectivity index (χ4n) is 4.38. The third kappa shape index (κ3) is 4.23. The molecule has 3 heterocycles. The number of nitrogens with two attached hydrogens (primary N) is 1. The number of rotatable bonds is 6. The van der Waals surface area contributed by atoms with Crippen molar-refractivity contribution in [3.63, 3.8) is 0 Å². The summed E-state index contributed by atoms with van der Waals surface area (Å²) in [5, 5.41) is 11.6. The average molecular weight is 523 g/mol. The summed E-state index contributed by atoms with van der Waals surface area (Å²) in [5.74, 6) is 0.370. The van der Waals surface area contributed by atoms with E-state index >= 15 is 0 Å². The summed E-state index contributed by atoms with van der Waals surface area (Å²) in [6.07, 6.45) is 4.46. The van der Waals surface area contributed by atoms with Gasteiger partial charge >= 0.3 is 6.09 Å². The first-order chi connectivity index (χ1) is 16.1. The maximum Gasteiger partial charge on any atom is 0.408 e. The van der Waals surface area contributed by atoms with Crippen LogP contribution in [0, 0.1) is 0 Å². The van der Waals surface area contributed by atoms with Gasteiger partial charge in [0.25, 0.3) is 0 Å². The van der Waals surface area contributed by atoms with Crippen LogP contribution >= 0.6 is 15.9 Å². The number of para-hydroxylation sites is 1. The normalized spacial score (nSPS) is 12.7. The van der Waals surface area contributed by atoms with E-state index in [1.165, 1.54) is 11.2 Å². The van der Waals surface area contributed by atoms with Gasteiger partial charge in [-0.2, -0.15) is 0 Å². The van der Waals surface area contributed by atoms with E-state index < -0.39 is 11.6 Å². The lowest BCUT2D eigenvalue weighted by atomic mass is 10.0. The zero-order chi connectivity index (χ0) is 24.6. The summed E-state index contributed by atoms with van der Waals surface area (Å²) in [6, 6.07) is 9.59. The van der Waals surface area contributed by atoms with E-state index in [0.717, 1.165) is 32.0 Å². The van der Waals surface area contributed by atoms with Crippen LogP contribution < -0.4 is 5.73 Å². The topological polar surface area (TPSA) is 110 Å². The molecule has 0 aliphatic carbocycles. The summed E-state index contributed by atoms with van der Waals surface area (Å²) in [4.78, 5) is 26.8. The number of carbonyl (C=O) groups is 1. The van der Waals surface area contributed by atoms with Gasteiger partial charge in [-0.05, 0) is 55.3 Å². The molecule has 176 valence electrons. The molecule has 34 heavy (non-hydrogen) atoms. The van der Waals surface area contributed by atoms with E-state index in [4.69, 9.17) is 5.73 Å². The van der Waals surface area contributed by atoms with Gasteiger partial charge in [0.05, 0.1) is 21.5 Å². The van der Waals surface area contributed by atoms with Crippen LogP contribution in [0.4, 0.5) is 10.6 Å². The van der Waals surface area contributed by atoms with E-state index in [2.05, 4.69) is 43.5 Å². The molecule has 4 aromatic rings. The number of fused-ring (bicyclic) bond motifs is 2. The Bertz CT molecular complexity index is 1390. The van der Waals surface area contributed by atoms with Gasteiger partial charge in [-0.3, -0.25) is 9.88 Å². The molecule has 0 aliphatic heterocycles. The van der Waals surface area contributed by atoms with Gasteiger partial charge in [0.2, 0.25) is 0 Å². The van der Waals surface area contributed by atoms with Gasteiger partial charge in [-0.1, -0.05) is 24.3 Å². The summed E-state index contributed by atoms with van der Waals surface area (Å²) in [6.45, 7) is 10.00. The van der Waals surface area contributed by atoms with Crippen molar-refractivity contribution in [1.82, 2.24) is 24.4 Å². The summed E-state index contributed by atoms with van der Waals surface area (Å²) in [5.41, 5.74) is 9.05. The van der Waals surface area contributed by atoms with E-state index in [-0.39, 0.29) is 6.04 Å². The number of pyridine rings is 1. The molecule has 1 atom stereocenters. The molecule has 0 bridgehead atoms. The monoisotopic (exact) mass is 522 g/mol. The van der Waals surface area contributed by atoms with E-state index in [1.807, 2.05) is 55.8 Å². The lowest BCUT2D eigenvalue weighted by Gasteiger charge is -2.38. The van der Waals surface area contributed by atoms with E-state index in [9.17, 15) is 9.90 Å². The molecule has 0 spiro atoms. The Morgan fingerprint density at radius 3 is 2.71 bits per heavy atom. The van der Waals surface area contributed by atoms with Crippen LogP contribution in [0.25, 0.3) is 33.1 Å². The highest BCUT2D eigenvalue weighted by Crippen LogP contribution is 2.40. The molecule has 1 amide bonds. The molecule has 9 heteroatoms. The van der Waals surface area contributed by atoms with E-state index in [1.54, 1.807) is 6.08 Å². The third-order valence-corrected chi connectivity index (χ3v) is 6.69. The van der Waals surface area contributed by atoms with Crippen LogP contribution in [0.1, 0.15) is 27.2 Å². The predicted octanol–water partition coefficient (Wildman–Crippen LogP) is 5.71. The van der Waals surface area contributed by atoms with E-state index in [0.29, 0.717) is 24.4 Å². The second-order valence-electron chi connectivity index (χ2n) is 9.11. The first kappa shape index (κ1) is 23.7. The maximum atomic E-state index is 12.0. The zero-order valence-electron chi connectivity index (χ0n) is 19.4. The Hall–Kier alpha value is -3.46. The minimum Gasteiger partial charge on any atom is -0.465 e. The third-order valence-electron chi connectivity index (χ3n) is 5.87. The quantitative estimate of drug-likeness (QED) is 0.313. The minimum absolute atomic E-state index is 0.370. The number of hydrogen-bond donors (Lipinski definition) is 2. The Labute approximate surface area is 206 Å². The SMILES string of the molecule is C=C[C@@H](CCn1c(Br)c(-c2cnc3ccccc3c2)c2c(N)ncnc21)N(C(=O)O)C(C)(C)C. The van der Waals surface area contributed by atoms with Gasteiger partial charge in [0.15, 0.2) is 0 Å². The van der Waals surface area contributed by atoms with Gasteiger partial charge in [-0.25, -0.2) is 14.8 Å². The molecule has 3 N–H and O–H groups in total. The fourth-order valence-corrected chi connectivity index (χ4v) is 5.15. The molecule has 0 aliphatic rings. The lowest BCUT2D eigenvalue weighted by Crippen LogP contribution is -2.50. The highest BCUT2D eigenvalue weighted by atomic mass is 79.9. The molecule has 0 saturated carbocycles. The molecule has 4 rings (SSSR count). The number of hydrogen-bond acceptors (Lipinski definition) is 5. The Morgan fingerprint density at radius 2 is 2.03 bits per heavy atom. The second-order valence-corrected chi connectivity index (χ2v) is 9.86. The maximum absolute atomic E-state index is 12.0. The number of amides is 1. The van der Waals surface area contributed by atoms with Crippen LogP contribution in [-0.4, -0.2) is 47.2 Å². The number of anilines is 1. The van der Waals surface area contributed by atoms with Crippen LogP contribution in [0.5, 0.6) is 0 Å². The van der Waals surface area contributed by atoms with Crippen LogP contribution in [-0.2, 0) is 6.54 Å². The molecule has 0 radical (unpaired) electrons. The lowest BCUT2D eigenvalue weighted by molar-refractivity contribution is 0.0797. The van der Waals surface area contributed by atoms with Crippen molar-refractivity contribution in [2.24, 2.45) is 0 Å². The standard InChI is InChI=1S/C25H27BrN6O2/c1-5-17(32(24(33)34)25(2,3)4)10-11-31-21(26)19(20-22(27)29-14-30-23(20)31)16-12-15-8-6-7-9-18(15)28-13-16/h5-9,12-14,17H,1,10-11H2,2-4H3,(H,33,34)(H2,27,29,30)/t17-/m0/s1. The van der Waals surface area contributed by atoms with Crippen molar-refractivity contribution in [2.75, 3.05) is 5.73 Å². The number of carboxylic acid groups (broad SMARTS) is 1. The smallest absolute Gasteiger partial charge is 0.408 e. The largest absolute Gasteiger partial charge is 0.465 e. The van der Waals surface area contributed by atoms with Crippen molar-refractivity contribution in [3.8, 4) is 11.1 Å². The summed E-state index contributed by atoms with van der Waals surface area (Å²) < 4.78 is 2.78. The number of aromatic nitrogens is 4. The Morgan fingerprint density at radius 1 is 1.29 bits per heavy atom. The second kappa shape index (κ2) is 9.06. The van der Waals surface area contributed by atoms with Crippen molar-refractivity contribution in [2.45, 2.75) is 45.3 Å². The first-order valence-corrected chi connectivity index (χ1v) is 11.7. The van der Waals surface area contributed by atoms with Crippen LogP contribution in [0.15, 0.2) is 60.1 Å². The fraction of sp³-hybridized carbons (Fsp3) is 0.280. The van der Waals surface area contributed by atoms with Gasteiger partial charge < -0.3 is 15.4 Å². The number of aryl methyl sites for hydroxylation is 1. The number of halogens is 1.